The molecule has 0 amide bonds. The molecule has 2 aromatic carbocycles. The molecule has 0 aliphatic carbocycles. The third kappa shape index (κ3) is 7.57. The van der Waals surface area contributed by atoms with E-state index in [-0.39, 0.29) is 0 Å². The van der Waals surface area contributed by atoms with Crippen LogP contribution in [0.4, 0.5) is 0 Å². The van der Waals surface area contributed by atoms with Crippen molar-refractivity contribution in [1.82, 2.24) is 0 Å². The van der Waals surface area contributed by atoms with E-state index < -0.39 is 0 Å². The largest absolute Gasteiger partial charge is 0.0654 e. The maximum atomic E-state index is 2.42. The lowest BCUT2D eigenvalue weighted by molar-refractivity contribution is 0.760. The quantitative estimate of drug-likeness (QED) is 0.280. The Kier molecular flexibility index (Phi) is 11.6. The summed E-state index contributed by atoms with van der Waals surface area (Å²) in [6.07, 6.45) is 15.3. The van der Waals surface area contributed by atoms with E-state index in [1.54, 1.807) is 32.9 Å². The second kappa shape index (κ2) is 14.0. The molecule has 29 heavy (non-hydrogen) atoms. The monoisotopic (exact) mass is 410 g/mol. The van der Waals surface area contributed by atoms with Crippen molar-refractivity contribution in [3.63, 3.8) is 0 Å². The van der Waals surface area contributed by atoms with E-state index >= 15 is 0 Å². The molecule has 0 nitrogen and oxygen atoms in total. The van der Waals surface area contributed by atoms with Crippen LogP contribution >= 0.6 is 8.58 Å². The van der Waals surface area contributed by atoms with Gasteiger partial charge in [-0.05, 0) is 84.2 Å². The van der Waals surface area contributed by atoms with Gasteiger partial charge < -0.3 is 0 Å². The van der Waals surface area contributed by atoms with Gasteiger partial charge in [-0.15, -0.1) is 0 Å². The van der Waals surface area contributed by atoms with Crippen molar-refractivity contribution in [2.24, 2.45) is 0 Å². The Bertz CT molecular complexity index is 655. The first-order valence-electron chi connectivity index (χ1n) is 12.2. The number of rotatable bonds is 14. The van der Waals surface area contributed by atoms with Crippen LogP contribution in [0.1, 0.15) is 101 Å². The second-order valence-corrected chi connectivity index (χ2v) is 9.75. The molecule has 0 aromatic heterocycles. The zero-order chi connectivity index (χ0) is 20.9. The summed E-state index contributed by atoms with van der Waals surface area (Å²) in [5, 5.41) is 3.22. The van der Waals surface area contributed by atoms with E-state index in [2.05, 4.69) is 64.1 Å². The lowest BCUT2D eigenvalue weighted by Gasteiger charge is -2.19. The van der Waals surface area contributed by atoms with Crippen LogP contribution in [0.15, 0.2) is 36.4 Å². The first kappa shape index (κ1) is 24.1. The first-order valence-corrected chi connectivity index (χ1v) is 13.2. The smallest absolute Gasteiger partial charge is 0.0191 e. The van der Waals surface area contributed by atoms with Crippen LogP contribution in [-0.2, 0) is 25.7 Å². The van der Waals surface area contributed by atoms with Crippen molar-refractivity contribution < 1.29 is 0 Å². The van der Waals surface area contributed by atoms with Crippen molar-refractivity contribution in [3.8, 4) is 0 Å². The lowest BCUT2D eigenvalue weighted by atomic mass is 9.97. The van der Waals surface area contributed by atoms with Gasteiger partial charge in [-0.2, -0.15) is 0 Å². The Balaban J connectivity index is 2.38. The topological polar surface area (TPSA) is 0 Å². The van der Waals surface area contributed by atoms with Crippen LogP contribution in [0.25, 0.3) is 0 Å². The van der Waals surface area contributed by atoms with E-state index in [0.717, 1.165) is 8.58 Å². The predicted octanol–water partition coefficient (Wildman–Crippen LogP) is 7.69. The molecule has 0 bridgehead atoms. The maximum absolute atomic E-state index is 2.42. The highest BCUT2D eigenvalue weighted by atomic mass is 31.1. The summed E-state index contributed by atoms with van der Waals surface area (Å²) in [5.41, 5.74) is 6.56. The van der Waals surface area contributed by atoms with Gasteiger partial charge >= 0.3 is 0 Å². The number of aryl methyl sites for hydroxylation is 2. The van der Waals surface area contributed by atoms with Gasteiger partial charge in [-0.1, -0.05) is 98.4 Å². The van der Waals surface area contributed by atoms with Gasteiger partial charge in [0.05, 0.1) is 0 Å². The standard InChI is InChI=1S/C28H43P/c1-5-9-15-23-17-13-21-27(25(23)19-11-7-3)29-28-22-14-18-24(16-10-6-2)26(28)20-12-8-4/h13-14,17-18,21-22,29H,5-12,15-16,19-20H2,1-4H3. The minimum Gasteiger partial charge on any atom is -0.0654 e. The average Bonchev–Trinajstić information content (AvgIpc) is 2.74. The van der Waals surface area contributed by atoms with E-state index in [4.69, 9.17) is 0 Å². The summed E-state index contributed by atoms with van der Waals surface area (Å²) in [4.78, 5) is 0. The van der Waals surface area contributed by atoms with Gasteiger partial charge in [0, 0.05) is 0 Å². The summed E-state index contributed by atoms with van der Waals surface area (Å²) in [6.45, 7) is 9.24. The van der Waals surface area contributed by atoms with Crippen LogP contribution in [0.5, 0.6) is 0 Å². The fourth-order valence-corrected chi connectivity index (χ4v) is 5.67. The lowest BCUT2D eigenvalue weighted by Crippen LogP contribution is -2.16. The van der Waals surface area contributed by atoms with Gasteiger partial charge in [0.1, 0.15) is 0 Å². The van der Waals surface area contributed by atoms with E-state index in [0.29, 0.717) is 0 Å². The van der Waals surface area contributed by atoms with Crippen LogP contribution in [0, 0.1) is 0 Å². The molecule has 0 spiro atoms. The molecule has 2 aromatic rings. The molecule has 0 saturated carbocycles. The van der Waals surface area contributed by atoms with Crippen molar-refractivity contribution in [3.05, 3.63) is 58.7 Å². The summed E-state index contributed by atoms with van der Waals surface area (Å²) < 4.78 is 0. The molecule has 0 atom stereocenters. The predicted molar refractivity (Wildman–Crippen MR) is 135 cm³/mol. The van der Waals surface area contributed by atoms with E-state index in [1.807, 2.05) is 0 Å². The number of benzene rings is 2. The normalized spacial score (nSPS) is 11.2. The Hall–Kier alpha value is -1.13. The van der Waals surface area contributed by atoms with Crippen LogP contribution in [0.2, 0.25) is 0 Å². The third-order valence-electron chi connectivity index (χ3n) is 5.98. The van der Waals surface area contributed by atoms with E-state index in [9.17, 15) is 0 Å². The second-order valence-electron chi connectivity index (χ2n) is 8.43. The molecule has 0 heterocycles. The highest BCUT2D eigenvalue weighted by molar-refractivity contribution is 7.55. The molecule has 0 aliphatic rings. The highest BCUT2D eigenvalue weighted by Gasteiger charge is 2.13. The van der Waals surface area contributed by atoms with Crippen LogP contribution < -0.4 is 10.6 Å². The summed E-state index contributed by atoms with van der Waals surface area (Å²) in [6, 6.07) is 14.3. The van der Waals surface area contributed by atoms with Gasteiger partial charge in [0.15, 0.2) is 0 Å². The molecule has 0 N–H and O–H groups in total. The van der Waals surface area contributed by atoms with Crippen LogP contribution in [0.3, 0.4) is 0 Å². The van der Waals surface area contributed by atoms with E-state index in [1.165, 1.54) is 77.0 Å². The SMILES string of the molecule is CCCCc1cccc(Pc2cccc(CCCC)c2CCCC)c1CCCC. The fourth-order valence-electron chi connectivity index (χ4n) is 4.15. The zero-order valence-corrected chi connectivity index (χ0v) is 20.4. The number of unbranched alkanes of at least 4 members (excludes halogenated alkanes) is 4. The molecule has 0 unspecified atom stereocenters. The van der Waals surface area contributed by atoms with Crippen molar-refractivity contribution in [2.45, 2.75) is 105 Å². The Morgan fingerprint density at radius 3 is 1.28 bits per heavy atom. The molecule has 0 saturated heterocycles. The third-order valence-corrected chi connectivity index (χ3v) is 7.45. The molecule has 0 aliphatic heterocycles. The van der Waals surface area contributed by atoms with Gasteiger partial charge in [0.2, 0.25) is 0 Å². The number of hydrogen-bond donors (Lipinski definition) is 0. The Labute approximate surface area is 182 Å². The van der Waals surface area contributed by atoms with Gasteiger partial charge in [0.25, 0.3) is 0 Å². The minimum absolute atomic E-state index is 0.800. The zero-order valence-electron chi connectivity index (χ0n) is 19.4. The molecule has 1 heteroatoms. The maximum Gasteiger partial charge on any atom is -0.0191 e. The summed E-state index contributed by atoms with van der Waals surface area (Å²) in [5.74, 6) is 0. The van der Waals surface area contributed by atoms with Crippen molar-refractivity contribution in [1.29, 1.82) is 0 Å². The molecule has 160 valence electrons. The molecule has 0 fully saturated rings. The Morgan fingerprint density at radius 2 is 0.897 bits per heavy atom. The van der Waals surface area contributed by atoms with Crippen molar-refractivity contribution in [2.75, 3.05) is 0 Å². The van der Waals surface area contributed by atoms with Crippen molar-refractivity contribution >= 4 is 19.2 Å². The molecule has 0 radical (unpaired) electrons. The average molecular weight is 411 g/mol. The molecule has 2 rings (SSSR count). The highest BCUT2D eigenvalue weighted by Crippen LogP contribution is 2.25. The Morgan fingerprint density at radius 1 is 0.517 bits per heavy atom. The minimum atomic E-state index is 0.800. The molecular weight excluding hydrogens is 367 g/mol. The number of hydrogen-bond acceptors (Lipinski definition) is 0. The first-order chi connectivity index (χ1) is 14.2. The fraction of sp³-hybridized carbons (Fsp3) is 0.571. The summed E-state index contributed by atoms with van der Waals surface area (Å²) >= 11 is 0. The summed E-state index contributed by atoms with van der Waals surface area (Å²) in [7, 11) is 0.800. The van der Waals surface area contributed by atoms with Gasteiger partial charge in [-0.3, -0.25) is 0 Å². The van der Waals surface area contributed by atoms with Gasteiger partial charge in [-0.25, -0.2) is 0 Å². The van der Waals surface area contributed by atoms with Crippen LogP contribution in [-0.4, -0.2) is 0 Å². The molecular formula is C28H43P.